The van der Waals surface area contributed by atoms with Gasteiger partial charge in [-0.3, -0.25) is 4.79 Å². The molecular formula is C14H21NO2. The summed E-state index contributed by atoms with van der Waals surface area (Å²) in [6.45, 7) is 7.89. The summed E-state index contributed by atoms with van der Waals surface area (Å²) in [4.78, 5) is 11.5. The van der Waals surface area contributed by atoms with Crippen molar-refractivity contribution in [3.8, 4) is 0 Å². The van der Waals surface area contributed by atoms with Crippen LogP contribution >= 0.6 is 0 Å². The fourth-order valence-corrected chi connectivity index (χ4v) is 1.45. The second-order valence-electron chi connectivity index (χ2n) is 4.99. The van der Waals surface area contributed by atoms with E-state index in [0.29, 0.717) is 0 Å². The first-order valence-electron chi connectivity index (χ1n) is 5.95. The topological polar surface area (TPSA) is 38.3 Å². The van der Waals surface area contributed by atoms with Gasteiger partial charge in [0.25, 0.3) is 0 Å². The van der Waals surface area contributed by atoms with Gasteiger partial charge in [0.2, 0.25) is 0 Å². The van der Waals surface area contributed by atoms with Gasteiger partial charge in [-0.1, -0.05) is 19.1 Å². The highest BCUT2D eigenvalue weighted by Crippen LogP contribution is 2.11. The number of hydrogen-bond acceptors (Lipinski definition) is 3. The molecule has 0 saturated heterocycles. The Morgan fingerprint density at radius 2 is 2.06 bits per heavy atom. The molecule has 0 unspecified atom stereocenters. The van der Waals surface area contributed by atoms with Crippen molar-refractivity contribution in [2.24, 2.45) is 0 Å². The summed E-state index contributed by atoms with van der Waals surface area (Å²) in [5.74, 6) is -0.237. The maximum absolute atomic E-state index is 11.5. The SMILES string of the molecule is CCc1cccc(NCC(=O)OC(C)(C)C)c1. The van der Waals surface area contributed by atoms with Crippen LogP contribution in [-0.4, -0.2) is 18.1 Å². The van der Waals surface area contributed by atoms with E-state index in [1.165, 1.54) is 5.56 Å². The van der Waals surface area contributed by atoms with Gasteiger partial charge in [-0.25, -0.2) is 0 Å². The van der Waals surface area contributed by atoms with Crippen LogP contribution in [0.4, 0.5) is 5.69 Å². The first-order valence-corrected chi connectivity index (χ1v) is 5.95. The Morgan fingerprint density at radius 3 is 2.65 bits per heavy atom. The number of nitrogens with one attached hydrogen (secondary N) is 1. The van der Waals surface area contributed by atoms with E-state index in [-0.39, 0.29) is 12.5 Å². The average molecular weight is 235 g/mol. The zero-order valence-electron chi connectivity index (χ0n) is 11.0. The molecule has 0 spiro atoms. The maximum atomic E-state index is 11.5. The first-order chi connectivity index (χ1) is 7.90. The number of rotatable bonds is 4. The molecule has 0 aliphatic carbocycles. The van der Waals surface area contributed by atoms with Crippen LogP contribution in [-0.2, 0) is 16.0 Å². The van der Waals surface area contributed by atoms with E-state index in [1.807, 2.05) is 39.0 Å². The molecule has 3 nitrogen and oxygen atoms in total. The third-order valence-electron chi connectivity index (χ3n) is 2.19. The maximum Gasteiger partial charge on any atom is 0.325 e. The van der Waals surface area contributed by atoms with E-state index in [4.69, 9.17) is 4.74 Å². The van der Waals surface area contributed by atoms with E-state index < -0.39 is 5.60 Å². The molecule has 0 atom stereocenters. The number of carbonyl (C=O) groups is 1. The quantitative estimate of drug-likeness (QED) is 0.815. The molecule has 0 fully saturated rings. The summed E-state index contributed by atoms with van der Waals surface area (Å²) in [5.41, 5.74) is 1.78. The van der Waals surface area contributed by atoms with Crippen molar-refractivity contribution < 1.29 is 9.53 Å². The van der Waals surface area contributed by atoms with Gasteiger partial charge in [-0.2, -0.15) is 0 Å². The number of benzene rings is 1. The van der Waals surface area contributed by atoms with Crippen molar-refractivity contribution in [3.63, 3.8) is 0 Å². The van der Waals surface area contributed by atoms with Crippen LogP contribution in [0.1, 0.15) is 33.3 Å². The number of hydrogen-bond donors (Lipinski definition) is 1. The van der Waals surface area contributed by atoms with E-state index in [2.05, 4.69) is 18.3 Å². The van der Waals surface area contributed by atoms with Gasteiger partial charge >= 0.3 is 5.97 Å². The molecule has 1 N–H and O–H groups in total. The van der Waals surface area contributed by atoms with E-state index in [1.54, 1.807) is 0 Å². The van der Waals surface area contributed by atoms with Crippen LogP contribution in [0.15, 0.2) is 24.3 Å². The van der Waals surface area contributed by atoms with Crippen LogP contribution in [0.25, 0.3) is 0 Å². The van der Waals surface area contributed by atoms with Crippen molar-refractivity contribution in [1.29, 1.82) is 0 Å². The largest absolute Gasteiger partial charge is 0.459 e. The molecule has 0 radical (unpaired) electrons. The number of anilines is 1. The predicted molar refractivity (Wildman–Crippen MR) is 70.2 cm³/mol. The van der Waals surface area contributed by atoms with Crippen LogP contribution in [0.5, 0.6) is 0 Å². The molecular weight excluding hydrogens is 214 g/mol. The normalized spacial score (nSPS) is 11.1. The third-order valence-corrected chi connectivity index (χ3v) is 2.19. The summed E-state index contributed by atoms with van der Waals surface area (Å²) < 4.78 is 5.21. The van der Waals surface area contributed by atoms with Gasteiger partial charge in [0.05, 0.1) is 0 Å². The number of carbonyl (C=O) groups excluding carboxylic acids is 1. The molecule has 0 aliphatic rings. The monoisotopic (exact) mass is 235 g/mol. The minimum atomic E-state index is -0.427. The summed E-state index contributed by atoms with van der Waals surface area (Å²) in [5, 5.41) is 3.07. The molecule has 1 aromatic carbocycles. The molecule has 17 heavy (non-hydrogen) atoms. The standard InChI is InChI=1S/C14H21NO2/c1-5-11-7-6-8-12(9-11)15-10-13(16)17-14(2,3)4/h6-9,15H,5,10H2,1-4H3. The molecule has 0 amide bonds. The fraction of sp³-hybridized carbons (Fsp3) is 0.500. The summed E-state index contributed by atoms with van der Waals surface area (Å²) in [6, 6.07) is 8.04. The average Bonchev–Trinajstić information content (AvgIpc) is 2.24. The van der Waals surface area contributed by atoms with E-state index in [9.17, 15) is 4.79 Å². The molecule has 94 valence electrons. The Balaban J connectivity index is 2.47. The van der Waals surface area contributed by atoms with Crippen molar-refractivity contribution >= 4 is 11.7 Å². The van der Waals surface area contributed by atoms with Crippen LogP contribution in [0, 0.1) is 0 Å². The highest BCUT2D eigenvalue weighted by molar-refractivity contribution is 5.75. The van der Waals surface area contributed by atoms with Crippen molar-refractivity contribution in [1.82, 2.24) is 0 Å². The lowest BCUT2D eigenvalue weighted by Gasteiger charge is -2.19. The Hall–Kier alpha value is -1.51. The van der Waals surface area contributed by atoms with Gasteiger partial charge in [-0.15, -0.1) is 0 Å². The lowest BCUT2D eigenvalue weighted by atomic mass is 10.1. The second-order valence-corrected chi connectivity index (χ2v) is 4.99. The smallest absolute Gasteiger partial charge is 0.325 e. The third kappa shape index (κ3) is 5.38. The zero-order valence-corrected chi connectivity index (χ0v) is 11.0. The van der Waals surface area contributed by atoms with Crippen molar-refractivity contribution in [2.45, 2.75) is 39.7 Å². The Bertz CT molecular complexity index is 380. The molecule has 1 rings (SSSR count). The van der Waals surface area contributed by atoms with Gasteiger partial charge in [0, 0.05) is 5.69 Å². The van der Waals surface area contributed by atoms with E-state index >= 15 is 0 Å². The summed E-state index contributed by atoms with van der Waals surface area (Å²) >= 11 is 0. The minimum absolute atomic E-state index is 0.199. The lowest BCUT2D eigenvalue weighted by Crippen LogP contribution is -2.28. The molecule has 0 aromatic heterocycles. The van der Waals surface area contributed by atoms with Gasteiger partial charge < -0.3 is 10.1 Å². The van der Waals surface area contributed by atoms with Crippen LogP contribution in [0.2, 0.25) is 0 Å². The number of ether oxygens (including phenoxy) is 1. The number of aryl methyl sites for hydroxylation is 1. The van der Waals surface area contributed by atoms with Crippen LogP contribution < -0.4 is 5.32 Å². The Morgan fingerprint density at radius 1 is 1.35 bits per heavy atom. The van der Waals surface area contributed by atoms with Crippen molar-refractivity contribution in [3.05, 3.63) is 29.8 Å². The second kappa shape index (κ2) is 5.71. The van der Waals surface area contributed by atoms with Gasteiger partial charge in [-0.05, 0) is 44.9 Å². The van der Waals surface area contributed by atoms with Gasteiger partial charge in [0.1, 0.15) is 12.1 Å². The molecule has 3 heteroatoms. The molecule has 0 heterocycles. The molecule has 0 saturated carbocycles. The van der Waals surface area contributed by atoms with E-state index in [0.717, 1.165) is 12.1 Å². The van der Waals surface area contributed by atoms with Gasteiger partial charge in [0.15, 0.2) is 0 Å². The van der Waals surface area contributed by atoms with Crippen molar-refractivity contribution in [2.75, 3.05) is 11.9 Å². The lowest BCUT2D eigenvalue weighted by molar-refractivity contribution is -0.152. The number of esters is 1. The minimum Gasteiger partial charge on any atom is -0.459 e. The molecule has 0 bridgehead atoms. The molecule has 1 aromatic rings. The first kappa shape index (κ1) is 13.6. The highest BCUT2D eigenvalue weighted by Gasteiger charge is 2.15. The predicted octanol–water partition coefficient (Wildman–Crippen LogP) is 3.00. The summed E-state index contributed by atoms with van der Waals surface area (Å²) in [6.07, 6.45) is 0.988. The summed E-state index contributed by atoms with van der Waals surface area (Å²) in [7, 11) is 0. The Kier molecular flexibility index (Phi) is 4.55. The fourth-order valence-electron chi connectivity index (χ4n) is 1.45. The molecule has 0 aliphatic heterocycles. The Labute approximate surface area is 103 Å². The van der Waals surface area contributed by atoms with Crippen LogP contribution in [0.3, 0.4) is 0 Å². The zero-order chi connectivity index (χ0) is 12.9. The highest BCUT2D eigenvalue weighted by atomic mass is 16.6.